The van der Waals surface area contributed by atoms with E-state index in [1.54, 1.807) is 0 Å². The van der Waals surface area contributed by atoms with Crippen LogP contribution < -0.4 is 0 Å². The smallest absolute Gasteiger partial charge is 0.329 e. The van der Waals surface area contributed by atoms with Gasteiger partial charge in [-0.05, 0) is 25.7 Å². The van der Waals surface area contributed by atoms with E-state index in [-0.39, 0.29) is 115 Å². The summed E-state index contributed by atoms with van der Waals surface area (Å²) in [6.45, 7) is 7.62. The number of rotatable bonds is 47. The van der Waals surface area contributed by atoms with Gasteiger partial charge in [-0.3, -0.25) is 33.3 Å². The van der Waals surface area contributed by atoms with Crippen LogP contribution in [0.5, 0.6) is 0 Å². The maximum Gasteiger partial charge on any atom is 0.329 e. The zero-order chi connectivity index (χ0) is 52.0. The van der Waals surface area contributed by atoms with E-state index in [2.05, 4.69) is 32.7 Å². The van der Waals surface area contributed by atoms with Crippen molar-refractivity contribution in [1.29, 1.82) is 0 Å². The molecule has 408 valence electrons. The number of carbonyl (C=O) groups is 7. The first-order valence-electron chi connectivity index (χ1n) is 27.7. The van der Waals surface area contributed by atoms with Gasteiger partial charge in [0.15, 0.2) is 0 Å². The number of ether oxygens (including phenoxy) is 6. The van der Waals surface area contributed by atoms with E-state index in [1.807, 2.05) is 0 Å². The van der Waals surface area contributed by atoms with Crippen molar-refractivity contribution in [3.05, 3.63) is 18.7 Å². The van der Waals surface area contributed by atoms with E-state index in [1.165, 1.54) is 86.0 Å². The molecular weight excluding hydrogens is 911 g/mol. The summed E-state index contributed by atoms with van der Waals surface area (Å²) in [6.07, 6.45) is 30.8. The lowest BCUT2D eigenvalue weighted by Gasteiger charge is -2.23. The van der Waals surface area contributed by atoms with Crippen molar-refractivity contribution in [3.8, 4) is 0 Å². The van der Waals surface area contributed by atoms with Crippen LogP contribution in [-0.2, 0) is 57.2 Å². The number of amides is 1. The van der Waals surface area contributed by atoms with Crippen LogP contribution in [0.2, 0.25) is 0 Å². The van der Waals surface area contributed by atoms with Gasteiger partial charge in [0.25, 0.3) is 0 Å². The Morgan fingerprint density at radius 3 is 1.00 bits per heavy atom. The number of carbonyl (C=O) groups excluding carboxylic acids is 7. The molecule has 1 aromatic heterocycles. The van der Waals surface area contributed by atoms with Crippen molar-refractivity contribution in [2.45, 2.75) is 227 Å². The molecule has 0 aliphatic rings. The van der Waals surface area contributed by atoms with Gasteiger partial charge in [-0.15, -0.1) is 0 Å². The summed E-state index contributed by atoms with van der Waals surface area (Å²) >= 11 is 0. The maximum absolute atomic E-state index is 13.5. The zero-order valence-electron chi connectivity index (χ0n) is 44.6. The average molecular weight is 1010 g/mol. The highest BCUT2D eigenvalue weighted by Crippen LogP contribution is 2.16. The molecule has 71 heavy (non-hydrogen) atoms. The Labute approximate surface area is 427 Å². The number of nitrogens with zero attached hydrogens (tertiary/aromatic N) is 3. The fourth-order valence-corrected chi connectivity index (χ4v) is 7.81. The third-order valence-electron chi connectivity index (χ3n) is 12.3. The molecule has 1 rings (SSSR count). The summed E-state index contributed by atoms with van der Waals surface area (Å²) in [5, 5.41) is 0. The van der Waals surface area contributed by atoms with Crippen LogP contribution in [0, 0.1) is 11.8 Å². The van der Waals surface area contributed by atoms with Crippen LogP contribution >= 0.6 is 0 Å². The molecule has 1 heterocycles. The molecule has 0 spiro atoms. The molecule has 0 bridgehead atoms. The Balaban J connectivity index is 2.83. The normalized spacial score (nSPS) is 11.5. The summed E-state index contributed by atoms with van der Waals surface area (Å²) < 4.78 is 34.4. The monoisotopic (exact) mass is 1010 g/mol. The summed E-state index contributed by atoms with van der Waals surface area (Å²) in [7, 11) is 0. The number of imidazole rings is 1. The van der Waals surface area contributed by atoms with Gasteiger partial charge < -0.3 is 33.3 Å². The van der Waals surface area contributed by atoms with Crippen LogP contribution in [0.4, 0.5) is 4.79 Å². The summed E-state index contributed by atoms with van der Waals surface area (Å²) in [6, 6.07) is -0.496. The van der Waals surface area contributed by atoms with Gasteiger partial charge in [-0.2, -0.15) is 0 Å². The van der Waals surface area contributed by atoms with Crippen LogP contribution in [-0.4, -0.2) is 109 Å². The van der Waals surface area contributed by atoms with Crippen molar-refractivity contribution >= 4 is 41.8 Å². The van der Waals surface area contributed by atoms with Crippen molar-refractivity contribution in [3.63, 3.8) is 0 Å². The molecule has 1 amide bonds. The molecule has 0 saturated heterocycles. The second-order valence-corrected chi connectivity index (χ2v) is 19.0. The zero-order valence-corrected chi connectivity index (χ0v) is 44.6. The third-order valence-corrected chi connectivity index (χ3v) is 12.3. The van der Waals surface area contributed by atoms with Gasteiger partial charge in [0.1, 0.15) is 19.5 Å². The minimum absolute atomic E-state index is 0.0582. The van der Waals surface area contributed by atoms with Crippen LogP contribution in [0.3, 0.4) is 0 Å². The van der Waals surface area contributed by atoms with Crippen molar-refractivity contribution in [1.82, 2.24) is 14.5 Å². The van der Waals surface area contributed by atoms with E-state index < -0.39 is 29.8 Å². The third kappa shape index (κ3) is 37.9. The fourth-order valence-electron chi connectivity index (χ4n) is 7.81. The van der Waals surface area contributed by atoms with Gasteiger partial charge in [0, 0.05) is 49.9 Å². The highest BCUT2D eigenvalue weighted by atomic mass is 16.6. The Morgan fingerprint density at radius 2 is 0.704 bits per heavy atom. The molecular formula is C55H95N3O13. The number of aromatic nitrogens is 2. The molecule has 0 aliphatic carbocycles. The number of hydrogen-bond acceptors (Lipinski definition) is 14. The SMILES string of the molecule is CCCCCCCCCC(=O)OCC(COC(=O)CCCCCC)CC(=O)OCCN(CCOC(=O)CC(COC(=O)CCCCCCCCC)COC(=O)CCCCCCCCC)C(=O)n1ccnc1. The maximum atomic E-state index is 13.5. The molecule has 1 atom stereocenters. The molecule has 1 unspecified atom stereocenters. The standard InChI is InChI=1S/C55H95N3O13/c1-5-9-13-17-20-23-27-31-50(60)69-43-47(42-68-49(59)30-26-16-12-8-4)40-53(63)66-38-36-57(55(65)58-35-34-56-46-58)37-39-67-54(64)41-48(44-70-51(61)32-28-24-21-18-14-10-6-2)45-71-52(62)33-29-25-22-19-15-11-7-3/h34-35,46-48H,5-33,36-45H2,1-4H3. The largest absolute Gasteiger partial charge is 0.465 e. The second-order valence-electron chi connectivity index (χ2n) is 19.0. The number of hydrogen-bond donors (Lipinski definition) is 0. The molecule has 0 aliphatic heterocycles. The summed E-state index contributed by atoms with van der Waals surface area (Å²) in [5.41, 5.74) is 0. The Bertz CT molecular complexity index is 1500. The first kappa shape index (κ1) is 64.5. The van der Waals surface area contributed by atoms with Gasteiger partial charge in [0.05, 0.1) is 52.4 Å². The van der Waals surface area contributed by atoms with E-state index in [0.717, 1.165) is 77.0 Å². The van der Waals surface area contributed by atoms with Gasteiger partial charge in [-0.25, -0.2) is 9.78 Å². The fraction of sp³-hybridized carbons (Fsp3) is 0.818. The molecule has 16 nitrogen and oxygen atoms in total. The van der Waals surface area contributed by atoms with Crippen LogP contribution in [0.1, 0.15) is 227 Å². The Hall–Kier alpha value is -4.50. The van der Waals surface area contributed by atoms with Gasteiger partial charge in [0.2, 0.25) is 0 Å². The molecule has 16 heteroatoms. The second kappa shape index (κ2) is 45.4. The predicted octanol–water partition coefficient (Wildman–Crippen LogP) is 11.8. The molecule has 0 N–H and O–H groups in total. The molecule has 0 aromatic carbocycles. The lowest BCUT2D eigenvalue weighted by Crippen LogP contribution is -2.39. The van der Waals surface area contributed by atoms with Gasteiger partial charge >= 0.3 is 41.8 Å². The molecule has 0 radical (unpaired) electrons. The Morgan fingerprint density at radius 1 is 0.408 bits per heavy atom. The minimum Gasteiger partial charge on any atom is -0.465 e. The van der Waals surface area contributed by atoms with Crippen molar-refractivity contribution in [2.75, 3.05) is 52.7 Å². The summed E-state index contributed by atoms with van der Waals surface area (Å²) in [4.78, 5) is 95.4. The lowest BCUT2D eigenvalue weighted by atomic mass is 10.1. The first-order chi connectivity index (χ1) is 34.5. The van der Waals surface area contributed by atoms with Gasteiger partial charge in [-0.1, -0.05) is 163 Å². The van der Waals surface area contributed by atoms with Crippen molar-refractivity contribution < 1.29 is 62.0 Å². The lowest BCUT2D eigenvalue weighted by molar-refractivity contribution is -0.155. The minimum atomic E-state index is -0.631. The highest BCUT2D eigenvalue weighted by molar-refractivity contribution is 5.77. The molecule has 1 aromatic rings. The predicted molar refractivity (Wildman–Crippen MR) is 273 cm³/mol. The topological polar surface area (TPSA) is 196 Å². The van der Waals surface area contributed by atoms with E-state index in [9.17, 15) is 33.6 Å². The average Bonchev–Trinajstić information content (AvgIpc) is 3.91. The Kier molecular flexibility index (Phi) is 41.2. The number of unbranched alkanes of at least 4 members (excludes halogenated alkanes) is 21. The van der Waals surface area contributed by atoms with Crippen LogP contribution in [0.15, 0.2) is 18.7 Å². The van der Waals surface area contributed by atoms with Crippen molar-refractivity contribution in [2.24, 2.45) is 11.8 Å². The first-order valence-corrected chi connectivity index (χ1v) is 27.7. The molecule has 0 fully saturated rings. The highest BCUT2D eigenvalue weighted by Gasteiger charge is 2.23. The van der Waals surface area contributed by atoms with E-state index in [4.69, 9.17) is 28.4 Å². The van der Waals surface area contributed by atoms with E-state index >= 15 is 0 Å². The number of esters is 6. The van der Waals surface area contributed by atoms with Crippen LogP contribution in [0.25, 0.3) is 0 Å². The summed E-state index contributed by atoms with van der Waals surface area (Å²) in [5.74, 6) is -4.01. The molecule has 0 saturated carbocycles. The van der Waals surface area contributed by atoms with E-state index in [0.29, 0.717) is 25.7 Å². The quantitative estimate of drug-likeness (QED) is 0.0340.